The van der Waals surface area contributed by atoms with Crippen LogP contribution in [0.2, 0.25) is 0 Å². The number of ether oxygens (including phenoxy) is 3. The van der Waals surface area contributed by atoms with Crippen LogP contribution < -0.4 is 24.8 Å². The lowest BCUT2D eigenvalue weighted by atomic mass is 9.98. The number of hydrogen-bond donors (Lipinski definition) is 6. The van der Waals surface area contributed by atoms with Crippen LogP contribution in [-0.4, -0.2) is 103 Å². The molecule has 14 nitrogen and oxygen atoms in total. The van der Waals surface area contributed by atoms with E-state index in [0.717, 1.165) is 19.0 Å². The fraction of sp³-hybridized carbons (Fsp3) is 0.424. The quantitative estimate of drug-likeness (QED) is 0.0762. The van der Waals surface area contributed by atoms with Gasteiger partial charge in [-0.25, -0.2) is 18.2 Å². The van der Waals surface area contributed by atoms with Crippen LogP contribution in [0, 0.1) is 17.5 Å². The molecule has 4 aliphatic heterocycles. The molecule has 2 saturated heterocycles. The Morgan fingerprint density at radius 3 is 2.53 bits per heavy atom. The van der Waals surface area contributed by atoms with E-state index in [4.69, 9.17) is 15.2 Å². The number of nitrogens with zero attached hydrogens (tertiary/aromatic N) is 5. The Morgan fingerprint density at radius 2 is 1.78 bits per heavy atom. The fourth-order valence-electron chi connectivity index (χ4n) is 7.17. The van der Waals surface area contributed by atoms with E-state index in [9.17, 15) is 38.7 Å². The van der Waals surface area contributed by atoms with E-state index in [1.807, 2.05) is 17.1 Å². The Labute approximate surface area is 286 Å². The lowest BCUT2D eigenvalue weighted by molar-refractivity contribution is -0.419. The second-order valence-corrected chi connectivity index (χ2v) is 12.7. The minimum absolute atomic E-state index is 0.0300. The number of nitrogens with two attached hydrogens (primary N) is 1. The topological polar surface area (TPSA) is 200 Å². The van der Waals surface area contributed by atoms with Gasteiger partial charge in [0.1, 0.15) is 35.2 Å². The number of hydrogen-bond acceptors (Lipinski definition) is 14. The molecule has 2 aromatic carbocycles. The number of benzene rings is 2. The minimum atomic E-state index is -3.94. The van der Waals surface area contributed by atoms with Crippen LogP contribution in [0.3, 0.4) is 0 Å². The second-order valence-electron chi connectivity index (χ2n) is 12.7. The number of rotatable bonds is 5. The van der Waals surface area contributed by atoms with Crippen molar-refractivity contribution in [1.29, 1.82) is 0 Å². The number of pyridine rings is 1. The van der Waals surface area contributed by atoms with Crippen molar-refractivity contribution in [3.05, 3.63) is 47.8 Å². The van der Waals surface area contributed by atoms with E-state index in [-0.39, 0.29) is 46.4 Å². The number of nitrogen functional groups attached to an aromatic ring is 1. The predicted octanol–water partition coefficient (Wildman–Crippen LogP) is 2.57. The van der Waals surface area contributed by atoms with Gasteiger partial charge in [-0.15, -0.1) is 0 Å². The lowest BCUT2D eigenvalue weighted by Crippen LogP contribution is -2.38. The molecule has 3 atom stereocenters. The second kappa shape index (κ2) is 13.5. The SMILES string of the molecule is FC1CC2CCCN2C1.Nc1cc(-c2nc3c4c(nc(OC(O)O)nc4c2F)N2CCC=CCC2CO3)c2c(OC(O)(O)O)c(F)c(F)cc2c1. The standard InChI is InChI=1S/C26H22F3N5O8.C7H12FN/c27-14-7-10-6-11(30)8-13(15(10)21(17(14)28)42-26(37,38)39)19-18(29)20-16-22(33-24(32-20)41-25(35)36)34-5-3-1-2-4-12(34)9-40-23(16)31-19;8-6-4-7-2-1-3-9(7)5-6/h1-2,6-8,12,25,35-39H,3-5,9,30H2;6-7H,1-5H2. The highest BCUT2D eigenvalue weighted by molar-refractivity contribution is 6.05. The highest BCUT2D eigenvalue weighted by atomic mass is 19.2. The van der Waals surface area contributed by atoms with E-state index >= 15 is 4.39 Å². The van der Waals surface area contributed by atoms with Crippen LogP contribution in [0.15, 0.2) is 30.4 Å². The first-order valence-electron chi connectivity index (χ1n) is 16.2. The van der Waals surface area contributed by atoms with Gasteiger partial charge in [-0.2, -0.15) is 14.4 Å². The number of aliphatic hydroxyl groups excluding tert-OH is 1. The van der Waals surface area contributed by atoms with E-state index < -0.39 is 64.6 Å². The molecule has 0 aliphatic carbocycles. The van der Waals surface area contributed by atoms with Gasteiger partial charge in [-0.05, 0) is 62.2 Å². The molecule has 3 unspecified atom stereocenters. The molecule has 51 heavy (non-hydrogen) atoms. The largest absolute Gasteiger partial charge is 0.475 e. The van der Waals surface area contributed by atoms with Gasteiger partial charge in [0.05, 0.1) is 6.04 Å². The van der Waals surface area contributed by atoms with Gasteiger partial charge in [0, 0.05) is 35.8 Å². The highest BCUT2D eigenvalue weighted by Gasteiger charge is 2.36. The number of halogens is 4. The summed E-state index contributed by atoms with van der Waals surface area (Å²) in [5.41, 5.74) is 4.61. The first-order valence-corrected chi connectivity index (χ1v) is 16.2. The Bertz CT molecular complexity index is 2000. The number of aliphatic hydroxyl groups is 5. The lowest BCUT2D eigenvalue weighted by Gasteiger charge is -2.29. The number of anilines is 2. The maximum Gasteiger partial charge on any atom is 0.453 e. The number of aromatic nitrogens is 3. The van der Waals surface area contributed by atoms with Crippen LogP contribution >= 0.6 is 0 Å². The molecule has 6 heterocycles. The van der Waals surface area contributed by atoms with Crippen molar-refractivity contribution in [3.8, 4) is 28.9 Å². The van der Waals surface area contributed by atoms with Crippen molar-refractivity contribution >= 4 is 33.2 Å². The molecular weight excluding hydrogens is 684 g/mol. The van der Waals surface area contributed by atoms with E-state index in [2.05, 4.69) is 24.6 Å². The summed E-state index contributed by atoms with van der Waals surface area (Å²) in [5.74, 6) is -5.57. The molecule has 4 aromatic rings. The minimum Gasteiger partial charge on any atom is -0.475 e. The zero-order valence-corrected chi connectivity index (χ0v) is 26.8. The maximum atomic E-state index is 16.5. The van der Waals surface area contributed by atoms with Gasteiger partial charge >= 0.3 is 18.6 Å². The summed E-state index contributed by atoms with van der Waals surface area (Å²) >= 11 is 0. The Hall–Kier alpha value is -4.59. The Morgan fingerprint density at radius 1 is 0.980 bits per heavy atom. The predicted molar refractivity (Wildman–Crippen MR) is 173 cm³/mol. The molecule has 0 bridgehead atoms. The van der Waals surface area contributed by atoms with Crippen LogP contribution in [0.4, 0.5) is 29.1 Å². The average molecular weight is 719 g/mol. The molecule has 0 amide bonds. The van der Waals surface area contributed by atoms with Crippen molar-refractivity contribution in [1.82, 2.24) is 19.9 Å². The van der Waals surface area contributed by atoms with Gasteiger partial charge < -0.3 is 50.4 Å². The number of fused-ring (bicyclic) bond motifs is 4. The first kappa shape index (κ1) is 34.8. The van der Waals surface area contributed by atoms with Gasteiger partial charge in [0.15, 0.2) is 17.4 Å². The molecule has 2 fully saturated rings. The summed E-state index contributed by atoms with van der Waals surface area (Å²) in [6.07, 6.45) is 3.94. The van der Waals surface area contributed by atoms with E-state index in [1.165, 1.54) is 18.9 Å². The van der Waals surface area contributed by atoms with Crippen LogP contribution in [0.25, 0.3) is 32.9 Å². The molecule has 7 N–H and O–H groups in total. The van der Waals surface area contributed by atoms with Gasteiger partial charge in [-0.1, -0.05) is 12.2 Å². The van der Waals surface area contributed by atoms with Gasteiger partial charge in [0.25, 0.3) is 0 Å². The number of alkyl halides is 1. The third kappa shape index (κ3) is 6.89. The molecular formula is C33H34F4N6O8. The third-order valence-corrected chi connectivity index (χ3v) is 9.22. The molecule has 18 heteroatoms. The fourth-order valence-corrected chi connectivity index (χ4v) is 7.17. The smallest absolute Gasteiger partial charge is 0.453 e. The molecule has 0 spiro atoms. The summed E-state index contributed by atoms with van der Waals surface area (Å²) in [6, 6.07) is 2.75. The summed E-state index contributed by atoms with van der Waals surface area (Å²) in [6.45, 7) is 0.0291. The van der Waals surface area contributed by atoms with Crippen molar-refractivity contribution in [2.45, 2.75) is 63.0 Å². The molecule has 2 aromatic heterocycles. The summed E-state index contributed by atoms with van der Waals surface area (Å²) < 4.78 is 73.9. The van der Waals surface area contributed by atoms with Gasteiger partial charge in [-0.3, -0.25) is 4.90 Å². The Kier molecular flexibility index (Phi) is 9.23. The van der Waals surface area contributed by atoms with Crippen LogP contribution in [0.5, 0.6) is 17.6 Å². The summed E-state index contributed by atoms with van der Waals surface area (Å²) in [5, 5.41) is 46.5. The van der Waals surface area contributed by atoms with Crippen molar-refractivity contribution < 1.29 is 57.3 Å². The van der Waals surface area contributed by atoms with Crippen LogP contribution in [0.1, 0.15) is 32.1 Å². The maximum absolute atomic E-state index is 16.5. The zero-order valence-electron chi connectivity index (χ0n) is 26.8. The third-order valence-electron chi connectivity index (χ3n) is 9.22. The molecule has 272 valence electrons. The van der Waals surface area contributed by atoms with Gasteiger partial charge in [0.2, 0.25) is 11.7 Å². The summed E-state index contributed by atoms with van der Waals surface area (Å²) in [7, 11) is 0. The van der Waals surface area contributed by atoms with Crippen molar-refractivity contribution in [2.24, 2.45) is 0 Å². The normalized spacial score (nSPS) is 21.5. The Balaban J connectivity index is 0.000000389. The molecule has 0 radical (unpaired) electrons. The molecule has 0 saturated carbocycles. The highest BCUT2D eigenvalue weighted by Crippen LogP contribution is 2.45. The zero-order chi connectivity index (χ0) is 36.2. The average Bonchev–Trinajstić information content (AvgIpc) is 3.49. The monoisotopic (exact) mass is 718 g/mol. The molecule has 8 rings (SSSR count). The van der Waals surface area contributed by atoms with E-state index in [1.54, 1.807) is 0 Å². The first-order chi connectivity index (χ1) is 24.3. The molecule has 4 aliphatic rings. The summed E-state index contributed by atoms with van der Waals surface area (Å²) in [4.78, 5) is 16.8. The van der Waals surface area contributed by atoms with E-state index in [0.29, 0.717) is 38.0 Å². The van der Waals surface area contributed by atoms with Crippen molar-refractivity contribution in [3.63, 3.8) is 0 Å². The van der Waals surface area contributed by atoms with Crippen molar-refractivity contribution in [2.75, 3.05) is 36.9 Å². The van der Waals surface area contributed by atoms with Crippen LogP contribution in [-0.2, 0) is 0 Å².